The highest BCUT2D eigenvalue weighted by Crippen LogP contribution is 2.35. The van der Waals surface area contributed by atoms with E-state index >= 15 is 0 Å². The lowest BCUT2D eigenvalue weighted by molar-refractivity contribution is -0.337. The summed E-state index contributed by atoms with van der Waals surface area (Å²) in [6.45, 7) is 1.76. The molecule has 0 unspecified atom stereocenters. The van der Waals surface area contributed by atoms with E-state index < -0.39 is 30.7 Å². The second-order valence-corrected chi connectivity index (χ2v) is 13.0. The molecular weight excluding hydrogens is 632 g/mol. The van der Waals surface area contributed by atoms with Crippen molar-refractivity contribution in [3.63, 3.8) is 0 Å². The molecular formula is C42H48O8. The Bertz CT molecular complexity index is 1530. The van der Waals surface area contributed by atoms with Crippen molar-refractivity contribution in [3.05, 3.63) is 144 Å². The summed E-state index contributed by atoms with van der Waals surface area (Å²) < 4.78 is 45.3. The van der Waals surface area contributed by atoms with Crippen LogP contribution in [0.3, 0.4) is 0 Å². The summed E-state index contributed by atoms with van der Waals surface area (Å²) >= 11 is 0. The molecule has 8 heteroatoms. The van der Waals surface area contributed by atoms with Gasteiger partial charge >= 0.3 is 5.97 Å². The van der Waals surface area contributed by atoms with Crippen LogP contribution in [0.4, 0.5) is 0 Å². The third-order valence-electron chi connectivity index (χ3n) is 9.38. The van der Waals surface area contributed by atoms with Crippen molar-refractivity contribution < 1.29 is 38.0 Å². The molecule has 1 saturated carbocycles. The minimum atomic E-state index is -0.763. The Morgan fingerprint density at radius 2 is 1.02 bits per heavy atom. The topological polar surface area (TPSA) is 81.7 Å². The number of hydrogen-bond donors (Lipinski definition) is 0. The molecule has 0 spiro atoms. The Hall–Kier alpha value is -3.89. The standard InChI is InChI=1S/C42H48O8/c1-44-41(43)35-22-24-36(25-23-35)49-42-40(48-29-34-20-12-5-13-21-34)39(47-28-33-18-10-4-11-19-33)38(46-27-32-16-8-3-9-17-32)37(50-42)30-45-26-31-14-6-2-7-15-31/h2-21,35-40,42H,22-30H2,1H3/t35?,36?,37-,38-,39+,40-,42+/m1/s1. The van der Waals surface area contributed by atoms with Crippen molar-refractivity contribution in [2.75, 3.05) is 13.7 Å². The molecule has 1 aliphatic heterocycles. The van der Waals surface area contributed by atoms with Crippen LogP contribution in [0.25, 0.3) is 0 Å². The molecule has 4 aromatic carbocycles. The molecule has 4 aromatic rings. The van der Waals surface area contributed by atoms with Crippen molar-refractivity contribution >= 4 is 5.97 Å². The lowest BCUT2D eigenvalue weighted by atomic mass is 9.87. The van der Waals surface area contributed by atoms with Gasteiger partial charge in [0.05, 0.1) is 52.2 Å². The fraction of sp³-hybridized carbons (Fsp3) is 0.405. The number of ether oxygens (including phenoxy) is 7. The SMILES string of the molecule is COC(=O)C1CCC(O[C@H]2O[C@H](COCc3ccccc3)[C@@H](OCc3ccccc3)[C@H](OCc3ccccc3)[C@H]2OCc2ccccc2)CC1. The highest BCUT2D eigenvalue weighted by Gasteiger charge is 2.50. The van der Waals surface area contributed by atoms with Gasteiger partial charge in [-0.1, -0.05) is 121 Å². The largest absolute Gasteiger partial charge is 0.469 e. The second kappa shape index (κ2) is 18.9. The van der Waals surface area contributed by atoms with Crippen molar-refractivity contribution in [2.45, 2.75) is 88.9 Å². The maximum Gasteiger partial charge on any atom is 0.308 e. The number of esters is 1. The zero-order valence-corrected chi connectivity index (χ0v) is 28.7. The minimum absolute atomic E-state index is 0.117. The van der Waals surface area contributed by atoms with E-state index in [0.717, 1.165) is 22.3 Å². The lowest BCUT2D eigenvalue weighted by Crippen LogP contribution is -2.62. The maximum atomic E-state index is 12.3. The summed E-state index contributed by atoms with van der Waals surface area (Å²) in [4.78, 5) is 12.3. The molecule has 1 heterocycles. The molecule has 1 aliphatic carbocycles. The third-order valence-corrected chi connectivity index (χ3v) is 9.38. The fourth-order valence-corrected chi connectivity index (χ4v) is 6.65. The number of carbonyl (C=O) groups excluding carboxylic acids is 1. The van der Waals surface area contributed by atoms with Gasteiger partial charge in [-0.25, -0.2) is 0 Å². The molecule has 0 N–H and O–H groups in total. The van der Waals surface area contributed by atoms with E-state index in [1.54, 1.807) is 0 Å². The molecule has 6 rings (SSSR count). The predicted molar refractivity (Wildman–Crippen MR) is 189 cm³/mol. The molecule has 2 fully saturated rings. The Kier molecular flexibility index (Phi) is 13.6. The lowest BCUT2D eigenvalue weighted by Gasteiger charge is -2.47. The zero-order chi connectivity index (χ0) is 34.4. The first kappa shape index (κ1) is 35.9. The summed E-state index contributed by atoms with van der Waals surface area (Å²) in [5, 5.41) is 0. The van der Waals surface area contributed by atoms with Crippen LogP contribution in [0.5, 0.6) is 0 Å². The normalized spacial score (nSPS) is 25.2. The van der Waals surface area contributed by atoms with Crippen molar-refractivity contribution in [1.82, 2.24) is 0 Å². The van der Waals surface area contributed by atoms with E-state index in [4.69, 9.17) is 33.2 Å². The highest BCUT2D eigenvalue weighted by atomic mass is 16.7. The minimum Gasteiger partial charge on any atom is -0.469 e. The first-order chi connectivity index (χ1) is 24.7. The first-order valence-corrected chi connectivity index (χ1v) is 17.6. The molecule has 0 amide bonds. The average Bonchev–Trinajstić information content (AvgIpc) is 3.18. The van der Waals surface area contributed by atoms with Crippen LogP contribution in [0.1, 0.15) is 47.9 Å². The van der Waals surface area contributed by atoms with E-state index in [2.05, 4.69) is 0 Å². The molecule has 0 bridgehead atoms. The van der Waals surface area contributed by atoms with Gasteiger partial charge in [-0.15, -0.1) is 0 Å². The molecule has 0 radical (unpaired) electrons. The van der Waals surface area contributed by atoms with E-state index in [9.17, 15) is 4.79 Å². The molecule has 8 nitrogen and oxygen atoms in total. The van der Waals surface area contributed by atoms with E-state index in [1.807, 2.05) is 121 Å². The Labute approximate surface area is 295 Å². The van der Waals surface area contributed by atoms with Gasteiger partial charge in [-0.05, 0) is 47.9 Å². The zero-order valence-electron chi connectivity index (χ0n) is 28.7. The van der Waals surface area contributed by atoms with Crippen LogP contribution in [0.2, 0.25) is 0 Å². The van der Waals surface area contributed by atoms with Crippen LogP contribution in [-0.2, 0) is 64.4 Å². The molecule has 0 aromatic heterocycles. The Morgan fingerprint density at radius 3 is 1.50 bits per heavy atom. The van der Waals surface area contributed by atoms with Gasteiger partial charge < -0.3 is 33.2 Å². The van der Waals surface area contributed by atoms with Crippen molar-refractivity contribution in [3.8, 4) is 0 Å². The van der Waals surface area contributed by atoms with Gasteiger partial charge in [0, 0.05) is 0 Å². The Morgan fingerprint density at radius 1 is 0.580 bits per heavy atom. The van der Waals surface area contributed by atoms with Crippen molar-refractivity contribution in [1.29, 1.82) is 0 Å². The summed E-state index contributed by atoms with van der Waals surface area (Å²) in [6.07, 6.45) is -0.303. The van der Waals surface area contributed by atoms with Crippen LogP contribution in [-0.4, -0.2) is 56.5 Å². The summed E-state index contributed by atoms with van der Waals surface area (Å²) in [5.41, 5.74) is 4.18. The van der Waals surface area contributed by atoms with Gasteiger partial charge in [-0.2, -0.15) is 0 Å². The van der Waals surface area contributed by atoms with E-state index in [1.165, 1.54) is 7.11 Å². The number of hydrogen-bond acceptors (Lipinski definition) is 8. The maximum absolute atomic E-state index is 12.3. The molecule has 1 saturated heterocycles. The van der Waals surface area contributed by atoms with Crippen LogP contribution in [0, 0.1) is 5.92 Å². The molecule has 50 heavy (non-hydrogen) atoms. The predicted octanol–water partition coefficient (Wildman–Crippen LogP) is 7.43. The van der Waals surface area contributed by atoms with Gasteiger partial charge in [0.15, 0.2) is 6.29 Å². The highest BCUT2D eigenvalue weighted by molar-refractivity contribution is 5.72. The monoisotopic (exact) mass is 680 g/mol. The first-order valence-electron chi connectivity index (χ1n) is 17.6. The molecule has 2 aliphatic rings. The third kappa shape index (κ3) is 10.3. The van der Waals surface area contributed by atoms with Crippen LogP contribution >= 0.6 is 0 Å². The van der Waals surface area contributed by atoms with Gasteiger partial charge in [0.25, 0.3) is 0 Å². The van der Waals surface area contributed by atoms with Crippen LogP contribution < -0.4 is 0 Å². The van der Waals surface area contributed by atoms with E-state index in [-0.39, 0.29) is 24.6 Å². The van der Waals surface area contributed by atoms with E-state index in [0.29, 0.717) is 52.1 Å². The van der Waals surface area contributed by atoms with Crippen molar-refractivity contribution in [2.24, 2.45) is 5.92 Å². The summed E-state index contributed by atoms with van der Waals surface area (Å²) in [6, 6.07) is 40.3. The number of methoxy groups -OCH3 is 1. The van der Waals surface area contributed by atoms with Crippen LogP contribution in [0.15, 0.2) is 121 Å². The number of carbonyl (C=O) groups is 1. The summed E-state index contributed by atoms with van der Waals surface area (Å²) in [7, 11) is 1.45. The average molecular weight is 681 g/mol. The molecule has 5 atom stereocenters. The van der Waals surface area contributed by atoms with Gasteiger partial charge in [0.2, 0.25) is 0 Å². The fourth-order valence-electron chi connectivity index (χ4n) is 6.65. The van der Waals surface area contributed by atoms with Gasteiger partial charge in [-0.3, -0.25) is 4.79 Å². The smallest absolute Gasteiger partial charge is 0.308 e. The number of benzene rings is 4. The second-order valence-electron chi connectivity index (χ2n) is 13.0. The van der Waals surface area contributed by atoms with Gasteiger partial charge in [0.1, 0.15) is 24.4 Å². The Balaban J connectivity index is 1.28. The molecule has 264 valence electrons. The number of rotatable bonds is 16. The quantitative estimate of drug-likeness (QED) is 0.113. The summed E-state index contributed by atoms with van der Waals surface area (Å²) in [5.74, 6) is -0.279.